The molecule has 4 nitrogen and oxygen atoms in total. The van der Waals surface area contributed by atoms with Gasteiger partial charge in [0.15, 0.2) is 0 Å². The maximum atomic E-state index is 4.76. The maximum absolute atomic E-state index is 4.76. The molecule has 146 valence electrons. The molecule has 29 heavy (non-hydrogen) atoms. The van der Waals surface area contributed by atoms with Crippen LogP contribution in [0.15, 0.2) is 48.7 Å². The molecule has 0 radical (unpaired) electrons. The minimum Gasteiger partial charge on any atom is -0.342 e. The summed E-state index contributed by atoms with van der Waals surface area (Å²) in [6.07, 6.45) is 1.92. The zero-order chi connectivity index (χ0) is 20.1. The second-order valence-electron chi connectivity index (χ2n) is 8.18. The van der Waals surface area contributed by atoms with Gasteiger partial charge in [-0.1, -0.05) is 64.1 Å². The number of hydrogen-bond donors (Lipinski definition) is 2. The fourth-order valence-electron chi connectivity index (χ4n) is 3.62. The molecular weight excluding hydrogens is 376 g/mol. The fourth-order valence-corrected chi connectivity index (χ4v) is 4.70. The van der Waals surface area contributed by atoms with Crippen molar-refractivity contribution in [2.24, 2.45) is 0 Å². The molecule has 5 aromatic rings. The number of imidazole rings is 2. The average molecular weight is 401 g/mol. The highest BCUT2D eigenvalue weighted by atomic mass is 32.1. The van der Waals surface area contributed by atoms with Crippen molar-refractivity contribution >= 4 is 31.8 Å². The number of rotatable bonds is 4. The Kier molecular flexibility index (Phi) is 4.28. The van der Waals surface area contributed by atoms with Gasteiger partial charge in [0.1, 0.15) is 16.5 Å². The standard InChI is InChI=1S/C24H24N4S/c1-13(2)22-25-12-19(26-22)16-7-5-15(6-8-16)17-9-10-18-20(11-17)29-24-21(18)27-23(28-24)14(3)4/h5-14H,1-4H3,(H,25,26)(H,27,28). The molecule has 0 amide bonds. The Balaban J connectivity index is 1.48. The average Bonchev–Trinajstić information content (AvgIpc) is 3.42. The van der Waals surface area contributed by atoms with Crippen molar-refractivity contribution in [2.45, 2.75) is 39.5 Å². The lowest BCUT2D eigenvalue weighted by molar-refractivity contribution is 0.795. The van der Waals surface area contributed by atoms with Crippen LogP contribution in [0, 0.1) is 0 Å². The van der Waals surface area contributed by atoms with Gasteiger partial charge >= 0.3 is 0 Å². The first-order valence-electron chi connectivity index (χ1n) is 10.1. The number of H-pyrrole nitrogens is 2. The topological polar surface area (TPSA) is 57.4 Å². The van der Waals surface area contributed by atoms with Crippen LogP contribution in [0.2, 0.25) is 0 Å². The van der Waals surface area contributed by atoms with Gasteiger partial charge < -0.3 is 9.97 Å². The van der Waals surface area contributed by atoms with Crippen LogP contribution in [0.5, 0.6) is 0 Å². The van der Waals surface area contributed by atoms with Gasteiger partial charge in [0, 0.05) is 21.9 Å². The molecule has 3 heterocycles. The van der Waals surface area contributed by atoms with Gasteiger partial charge in [0.2, 0.25) is 0 Å². The Morgan fingerprint density at radius 3 is 2.17 bits per heavy atom. The molecule has 0 bridgehead atoms. The molecule has 0 fully saturated rings. The van der Waals surface area contributed by atoms with E-state index in [0.717, 1.165) is 33.3 Å². The van der Waals surface area contributed by atoms with E-state index in [9.17, 15) is 0 Å². The minimum absolute atomic E-state index is 0.401. The van der Waals surface area contributed by atoms with E-state index in [1.54, 1.807) is 11.3 Å². The molecule has 2 N–H and O–H groups in total. The van der Waals surface area contributed by atoms with Gasteiger partial charge in [0.25, 0.3) is 0 Å². The predicted octanol–water partition coefficient (Wildman–Crippen LogP) is 7.08. The van der Waals surface area contributed by atoms with Crippen molar-refractivity contribution < 1.29 is 0 Å². The summed E-state index contributed by atoms with van der Waals surface area (Å²) in [5.74, 6) is 2.90. The molecule has 0 aliphatic rings. The molecule has 0 atom stereocenters. The summed E-state index contributed by atoms with van der Waals surface area (Å²) in [7, 11) is 0. The number of nitrogens with zero attached hydrogens (tertiary/aromatic N) is 2. The van der Waals surface area contributed by atoms with E-state index in [1.165, 1.54) is 21.2 Å². The lowest BCUT2D eigenvalue weighted by atomic mass is 10.0. The smallest absolute Gasteiger partial charge is 0.142 e. The number of aromatic nitrogens is 4. The van der Waals surface area contributed by atoms with Gasteiger partial charge in [-0.3, -0.25) is 0 Å². The maximum Gasteiger partial charge on any atom is 0.142 e. The van der Waals surface area contributed by atoms with Crippen molar-refractivity contribution in [3.63, 3.8) is 0 Å². The lowest BCUT2D eigenvalue weighted by Crippen LogP contribution is -1.89. The third-order valence-corrected chi connectivity index (χ3v) is 6.41. The van der Waals surface area contributed by atoms with Crippen molar-refractivity contribution in [1.29, 1.82) is 0 Å². The van der Waals surface area contributed by atoms with Crippen molar-refractivity contribution in [1.82, 2.24) is 19.9 Å². The summed E-state index contributed by atoms with van der Waals surface area (Å²) < 4.78 is 1.27. The Morgan fingerprint density at radius 2 is 1.48 bits per heavy atom. The first-order chi connectivity index (χ1) is 14.0. The molecule has 0 saturated carbocycles. The van der Waals surface area contributed by atoms with E-state index in [0.29, 0.717) is 11.8 Å². The van der Waals surface area contributed by atoms with E-state index in [2.05, 4.69) is 85.1 Å². The molecular formula is C24H24N4S. The number of benzene rings is 2. The Bertz CT molecular complexity index is 1300. The van der Waals surface area contributed by atoms with Gasteiger partial charge in [-0.25, -0.2) is 9.97 Å². The third-order valence-electron chi connectivity index (χ3n) is 5.36. The summed E-state index contributed by atoms with van der Waals surface area (Å²) in [5.41, 5.74) is 5.83. The normalized spacial score (nSPS) is 12.1. The van der Waals surface area contributed by atoms with Crippen LogP contribution in [-0.2, 0) is 0 Å². The second-order valence-corrected chi connectivity index (χ2v) is 9.21. The van der Waals surface area contributed by atoms with Gasteiger partial charge in [-0.2, -0.15) is 0 Å². The molecule has 0 aliphatic heterocycles. The molecule has 0 unspecified atom stereocenters. The Labute approximate surface area is 174 Å². The van der Waals surface area contributed by atoms with Crippen LogP contribution in [-0.4, -0.2) is 19.9 Å². The van der Waals surface area contributed by atoms with E-state index in [-0.39, 0.29) is 0 Å². The first kappa shape index (κ1) is 18.1. The highest BCUT2D eigenvalue weighted by Gasteiger charge is 2.13. The second kappa shape index (κ2) is 6.85. The minimum atomic E-state index is 0.401. The predicted molar refractivity (Wildman–Crippen MR) is 123 cm³/mol. The number of hydrogen-bond acceptors (Lipinski definition) is 3. The van der Waals surface area contributed by atoms with E-state index in [4.69, 9.17) is 4.98 Å². The number of fused-ring (bicyclic) bond motifs is 3. The molecule has 0 spiro atoms. The van der Waals surface area contributed by atoms with Gasteiger partial charge in [-0.05, 0) is 22.8 Å². The zero-order valence-corrected chi connectivity index (χ0v) is 17.9. The molecule has 5 rings (SSSR count). The molecule has 5 heteroatoms. The monoisotopic (exact) mass is 400 g/mol. The largest absolute Gasteiger partial charge is 0.342 e. The third kappa shape index (κ3) is 3.15. The quantitative estimate of drug-likeness (QED) is 0.338. The molecule has 3 aromatic heterocycles. The van der Waals surface area contributed by atoms with Crippen molar-refractivity contribution in [2.75, 3.05) is 0 Å². The number of thiophene rings is 1. The summed E-state index contributed by atoms with van der Waals surface area (Å²) in [4.78, 5) is 17.3. The SMILES string of the molecule is CC(C)c1ncc(-c2ccc(-c3ccc4c(c3)sc3nc(C(C)C)[nH]c34)cc2)[nH]1. The van der Waals surface area contributed by atoms with E-state index >= 15 is 0 Å². The first-order valence-corrected chi connectivity index (χ1v) is 10.9. The summed E-state index contributed by atoms with van der Waals surface area (Å²) in [5, 5.41) is 1.25. The Morgan fingerprint density at radius 1 is 0.793 bits per heavy atom. The van der Waals surface area contributed by atoms with E-state index < -0.39 is 0 Å². The van der Waals surface area contributed by atoms with Crippen LogP contribution < -0.4 is 0 Å². The van der Waals surface area contributed by atoms with Crippen molar-refractivity contribution in [3.05, 3.63) is 60.3 Å². The van der Waals surface area contributed by atoms with Crippen LogP contribution in [0.1, 0.15) is 51.2 Å². The van der Waals surface area contributed by atoms with Gasteiger partial charge in [0.05, 0.1) is 17.4 Å². The zero-order valence-electron chi connectivity index (χ0n) is 17.1. The van der Waals surface area contributed by atoms with Crippen LogP contribution in [0.3, 0.4) is 0 Å². The molecule has 0 aliphatic carbocycles. The van der Waals surface area contributed by atoms with Gasteiger partial charge in [-0.15, -0.1) is 11.3 Å². The Hall–Kier alpha value is -2.92. The molecule has 0 saturated heterocycles. The highest BCUT2D eigenvalue weighted by Crippen LogP contribution is 2.36. The lowest BCUT2D eigenvalue weighted by Gasteiger charge is -2.05. The highest BCUT2D eigenvalue weighted by molar-refractivity contribution is 7.25. The number of aromatic amines is 2. The summed E-state index contributed by atoms with van der Waals surface area (Å²) in [6.45, 7) is 8.62. The number of nitrogens with one attached hydrogen (secondary N) is 2. The van der Waals surface area contributed by atoms with Crippen molar-refractivity contribution in [3.8, 4) is 22.4 Å². The van der Waals surface area contributed by atoms with Crippen LogP contribution >= 0.6 is 11.3 Å². The summed E-state index contributed by atoms with van der Waals surface area (Å²) in [6, 6.07) is 15.4. The summed E-state index contributed by atoms with van der Waals surface area (Å²) >= 11 is 1.76. The van der Waals surface area contributed by atoms with E-state index in [1.807, 2.05) is 6.20 Å². The molecule has 2 aromatic carbocycles. The fraction of sp³-hybridized carbons (Fsp3) is 0.250. The van der Waals surface area contributed by atoms with Crippen LogP contribution in [0.25, 0.3) is 42.8 Å². The van der Waals surface area contributed by atoms with Crippen LogP contribution in [0.4, 0.5) is 0 Å².